The molecular weight excluding hydrogens is 288 g/mol. The standard InChI is InChI=1S/C12H17ClN2O3S/c1-3-7-15(4-2)12(16)10-8-9(19(14,17)18)5-6-11(10)13/h5-6,8H,3-4,7H2,1-2H3,(H2,14,17,18). The minimum atomic E-state index is -3.85. The molecule has 7 heteroatoms. The van der Waals surface area contributed by atoms with Gasteiger partial charge in [-0.15, -0.1) is 0 Å². The van der Waals surface area contributed by atoms with Gasteiger partial charge in [0.1, 0.15) is 0 Å². The third-order valence-corrected chi connectivity index (χ3v) is 3.90. The Hall–Kier alpha value is -1.11. The SMILES string of the molecule is CCCN(CC)C(=O)c1cc(S(N)(=O)=O)ccc1Cl. The van der Waals surface area contributed by atoms with Gasteiger partial charge in [0, 0.05) is 13.1 Å². The molecule has 0 heterocycles. The molecule has 1 rings (SSSR count). The minimum absolute atomic E-state index is 0.118. The van der Waals surface area contributed by atoms with Crippen molar-refractivity contribution < 1.29 is 13.2 Å². The van der Waals surface area contributed by atoms with Gasteiger partial charge < -0.3 is 4.90 Å². The van der Waals surface area contributed by atoms with E-state index >= 15 is 0 Å². The Bertz CT molecular complexity index is 572. The molecule has 1 aromatic rings. The topological polar surface area (TPSA) is 80.5 Å². The van der Waals surface area contributed by atoms with Gasteiger partial charge in [-0.25, -0.2) is 13.6 Å². The van der Waals surface area contributed by atoms with Crippen LogP contribution in [0.1, 0.15) is 30.6 Å². The fourth-order valence-corrected chi connectivity index (χ4v) is 2.43. The molecule has 0 aliphatic rings. The third kappa shape index (κ3) is 3.92. The van der Waals surface area contributed by atoms with Crippen molar-refractivity contribution in [1.29, 1.82) is 0 Å². The quantitative estimate of drug-likeness (QED) is 0.901. The zero-order chi connectivity index (χ0) is 14.6. The summed E-state index contributed by atoms with van der Waals surface area (Å²) >= 11 is 5.96. The number of nitrogens with two attached hydrogens (primary N) is 1. The van der Waals surface area contributed by atoms with E-state index < -0.39 is 10.0 Å². The first kappa shape index (κ1) is 15.9. The summed E-state index contributed by atoms with van der Waals surface area (Å²) in [6, 6.07) is 3.87. The van der Waals surface area contributed by atoms with E-state index in [4.69, 9.17) is 16.7 Å². The molecule has 0 radical (unpaired) electrons. The highest BCUT2D eigenvalue weighted by molar-refractivity contribution is 7.89. The van der Waals surface area contributed by atoms with Crippen LogP contribution in [0.25, 0.3) is 0 Å². The summed E-state index contributed by atoms with van der Waals surface area (Å²) in [5, 5.41) is 5.26. The summed E-state index contributed by atoms with van der Waals surface area (Å²) in [4.78, 5) is 13.8. The predicted octanol–water partition coefficient (Wildman–Crippen LogP) is 1.86. The molecule has 1 aromatic carbocycles. The van der Waals surface area contributed by atoms with Gasteiger partial charge in [-0.3, -0.25) is 4.79 Å². The lowest BCUT2D eigenvalue weighted by molar-refractivity contribution is 0.0764. The monoisotopic (exact) mass is 304 g/mol. The van der Waals surface area contributed by atoms with Crippen molar-refractivity contribution in [1.82, 2.24) is 4.90 Å². The van der Waals surface area contributed by atoms with Gasteiger partial charge >= 0.3 is 0 Å². The first-order valence-electron chi connectivity index (χ1n) is 5.92. The summed E-state index contributed by atoms with van der Waals surface area (Å²) in [5.41, 5.74) is 0.156. The molecule has 0 atom stereocenters. The molecule has 0 aliphatic heterocycles. The van der Waals surface area contributed by atoms with Gasteiger partial charge in [0.25, 0.3) is 5.91 Å². The number of primary sulfonamides is 1. The van der Waals surface area contributed by atoms with Gasteiger partial charge in [0.15, 0.2) is 0 Å². The normalized spacial score (nSPS) is 11.4. The Labute approximate surface area is 118 Å². The molecule has 19 heavy (non-hydrogen) atoms. The molecule has 5 nitrogen and oxygen atoms in total. The second kappa shape index (κ2) is 6.36. The fourth-order valence-electron chi connectivity index (χ4n) is 1.69. The van der Waals surface area contributed by atoms with Crippen LogP contribution < -0.4 is 5.14 Å². The molecule has 0 bridgehead atoms. The van der Waals surface area contributed by atoms with E-state index in [0.29, 0.717) is 13.1 Å². The molecule has 0 unspecified atom stereocenters. The number of carbonyl (C=O) groups excluding carboxylic acids is 1. The zero-order valence-electron chi connectivity index (χ0n) is 10.9. The third-order valence-electron chi connectivity index (χ3n) is 2.66. The van der Waals surface area contributed by atoms with Gasteiger partial charge in [0.2, 0.25) is 10.0 Å². The van der Waals surface area contributed by atoms with Crippen LogP contribution >= 0.6 is 11.6 Å². The average Bonchev–Trinajstić information content (AvgIpc) is 2.34. The smallest absolute Gasteiger partial charge is 0.255 e. The first-order chi connectivity index (χ1) is 8.81. The number of benzene rings is 1. The largest absolute Gasteiger partial charge is 0.339 e. The maximum absolute atomic E-state index is 12.3. The Kier molecular flexibility index (Phi) is 5.34. The molecule has 2 N–H and O–H groups in total. The Balaban J connectivity index is 3.22. The average molecular weight is 305 g/mol. The molecule has 0 aromatic heterocycles. The number of halogens is 1. The molecule has 0 fully saturated rings. The second-order valence-corrected chi connectivity index (χ2v) is 6.04. The number of rotatable bonds is 5. The Morgan fingerprint density at radius 1 is 1.37 bits per heavy atom. The van der Waals surface area contributed by atoms with Crippen LogP contribution in [-0.2, 0) is 10.0 Å². The van der Waals surface area contributed by atoms with Crippen molar-refractivity contribution >= 4 is 27.5 Å². The molecular formula is C12H17ClN2O3S. The highest BCUT2D eigenvalue weighted by Gasteiger charge is 2.19. The van der Waals surface area contributed by atoms with Crippen molar-refractivity contribution in [3.05, 3.63) is 28.8 Å². The van der Waals surface area contributed by atoms with Crippen molar-refractivity contribution in [2.45, 2.75) is 25.2 Å². The van der Waals surface area contributed by atoms with Crippen LogP contribution in [0.2, 0.25) is 5.02 Å². The number of amides is 1. The van der Waals surface area contributed by atoms with E-state index in [2.05, 4.69) is 0 Å². The molecule has 106 valence electrons. The lowest BCUT2D eigenvalue weighted by Crippen LogP contribution is -2.31. The van der Waals surface area contributed by atoms with Crippen LogP contribution in [0, 0.1) is 0 Å². The van der Waals surface area contributed by atoms with Crippen LogP contribution in [0.4, 0.5) is 0 Å². The van der Waals surface area contributed by atoms with Crippen LogP contribution in [0.5, 0.6) is 0 Å². The van der Waals surface area contributed by atoms with Gasteiger partial charge in [-0.1, -0.05) is 18.5 Å². The summed E-state index contributed by atoms with van der Waals surface area (Å²) < 4.78 is 22.6. The van der Waals surface area contributed by atoms with Gasteiger partial charge in [-0.2, -0.15) is 0 Å². The summed E-state index contributed by atoms with van der Waals surface area (Å²) in [7, 11) is -3.85. The van der Waals surface area contributed by atoms with E-state index in [1.807, 2.05) is 13.8 Å². The summed E-state index contributed by atoms with van der Waals surface area (Å²) in [6.45, 7) is 4.93. The molecule has 0 aliphatic carbocycles. The molecule has 0 spiro atoms. The lowest BCUT2D eigenvalue weighted by Gasteiger charge is -2.20. The number of hydrogen-bond acceptors (Lipinski definition) is 3. The van der Waals surface area contributed by atoms with E-state index in [9.17, 15) is 13.2 Å². The van der Waals surface area contributed by atoms with Crippen molar-refractivity contribution in [2.24, 2.45) is 5.14 Å². The highest BCUT2D eigenvalue weighted by Crippen LogP contribution is 2.21. The lowest BCUT2D eigenvalue weighted by atomic mass is 10.2. The summed E-state index contributed by atoms with van der Waals surface area (Å²) in [5.74, 6) is -0.292. The minimum Gasteiger partial charge on any atom is -0.339 e. The van der Waals surface area contributed by atoms with Gasteiger partial charge in [0.05, 0.1) is 15.5 Å². The van der Waals surface area contributed by atoms with Gasteiger partial charge in [-0.05, 0) is 31.5 Å². The Morgan fingerprint density at radius 2 is 2.00 bits per heavy atom. The summed E-state index contributed by atoms with van der Waals surface area (Å²) in [6.07, 6.45) is 0.812. The van der Waals surface area contributed by atoms with Crippen LogP contribution in [0.3, 0.4) is 0 Å². The second-order valence-electron chi connectivity index (χ2n) is 4.07. The van der Waals surface area contributed by atoms with Crippen LogP contribution in [-0.4, -0.2) is 32.3 Å². The number of sulfonamides is 1. The van der Waals surface area contributed by atoms with E-state index in [1.165, 1.54) is 18.2 Å². The fraction of sp³-hybridized carbons (Fsp3) is 0.417. The highest BCUT2D eigenvalue weighted by atomic mass is 35.5. The maximum Gasteiger partial charge on any atom is 0.255 e. The number of nitrogens with zero attached hydrogens (tertiary/aromatic N) is 1. The first-order valence-corrected chi connectivity index (χ1v) is 7.85. The zero-order valence-corrected chi connectivity index (χ0v) is 12.5. The van der Waals surface area contributed by atoms with E-state index in [1.54, 1.807) is 4.90 Å². The predicted molar refractivity (Wildman–Crippen MR) is 74.7 cm³/mol. The maximum atomic E-state index is 12.3. The van der Waals surface area contributed by atoms with Crippen molar-refractivity contribution in [3.63, 3.8) is 0 Å². The number of hydrogen-bond donors (Lipinski definition) is 1. The van der Waals surface area contributed by atoms with E-state index in [0.717, 1.165) is 6.42 Å². The van der Waals surface area contributed by atoms with E-state index in [-0.39, 0.29) is 21.4 Å². The molecule has 0 saturated carbocycles. The molecule has 0 saturated heterocycles. The Morgan fingerprint density at radius 3 is 2.47 bits per heavy atom. The van der Waals surface area contributed by atoms with Crippen molar-refractivity contribution in [2.75, 3.05) is 13.1 Å². The number of carbonyl (C=O) groups is 1. The van der Waals surface area contributed by atoms with Crippen LogP contribution in [0.15, 0.2) is 23.1 Å². The molecule has 1 amide bonds. The van der Waals surface area contributed by atoms with Crippen molar-refractivity contribution in [3.8, 4) is 0 Å².